The summed E-state index contributed by atoms with van der Waals surface area (Å²) < 4.78 is 29.5. The van der Waals surface area contributed by atoms with Gasteiger partial charge in [0, 0.05) is 17.2 Å². The summed E-state index contributed by atoms with van der Waals surface area (Å²) in [5.74, 6) is 0.941. The van der Waals surface area contributed by atoms with Crippen LogP contribution in [0.3, 0.4) is 0 Å². The third-order valence-corrected chi connectivity index (χ3v) is 3.14. The molecular formula is C15H11FO4. The molecule has 1 heterocycles. The number of hydrogen-bond donors (Lipinski definition) is 0. The van der Waals surface area contributed by atoms with Gasteiger partial charge in [0.2, 0.25) is 6.79 Å². The molecule has 4 nitrogen and oxygen atoms in total. The van der Waals surface area contributed by atoms with E-state index in [1.54, 1.807) is 24.3 Å². The highest BCUT2D eigenvalue weighted by Crippen LogP contribution is 2.39. The van der Waals surface area contributed by atoms with Crippen LogP contribution >= 0.6 is 0 Å². The molecule has 0 unspecified atom stereocenters. The predicted octanol–water partition coefficient (Wildman–Crippen LogP) is 3.04. The zero-order chi connectivity index (χ0) is 14.1. The van der Waals surface area contributed by atoms with Crippen LogP contribution in [0.5, 0.6) is 17.2 Å². The molecule has 0 bridgehead atoms. The van der Waals surface area contributed by atoms with Gasteiger partial charge in [-0.2, -0.15) is 0 Å². The van der Waals surface area contributed by atoms with E-state index in [1.807, 2.05) is 0 Å². The number of ether oxygens (including phenoxy) is 3. The van der Waals surface area contributed by atoms with Crippen molar-refractivity contribution in [1.82, 2.24) is 0 Å². The number of benzene rings is 2. The average molecular weight is 274 g/mol. The van der Waals surface area contributed by atoms with Crippen LogP contribution in [-0.4, -0.2) is 20.2 Å². The number of carbonyl (C=O) groups excluding carboxylic acids is 1. The fraction of sp³-hybridized carbons (Fsp3) is 0.133. The van der Waals surface area contributed by atoms with Crippen LogP contribution in [0.4, 0.5) is 4.39 Å². The van der Waals surface area contributed by atoms with Crippen LogP contribution in [0, 0.1) is 5.82 Å². The Morgan fingerprint density at radius 2 is 1.90 bits per heavy atom. The van der Waals surface area contributed by atoms with Crippen molar-refractivity contribution in [2.75, 3.05) is 13.9 Å². The zero-order valence-corrected chi connectivity index (χ0v) is 10.7. The lowest BCUT2D eigenvalue weighted by atomic mass is 9.99. The smallest absolute Gasteiger partial charge is 0.231 e. The highest BCUT2D eigenvalue weighted by Gasteiger charge is 2.19. The van der Waals surface area contributed by atoms with E-state index in [2.05, 4.69) is 0 Å². The lowest BCUT2D eigenvalue weighted by Gasteiger charge is -2.09. The summed E-state index contributed by atoms with van der Waals surface area (Å²) in [7, 11) is 1.46. The Morgan fingerprint density at radius 1 is 1.15 bits per heavy atom. The third-order valence-electron chi connectivity index (χ3n) is 3.14. The van der Waals surface area contributed by atoms with E-state index in [0.717, 1.165) is 0 Å². The second-order valence-corrected chi connectivity index (χ2v) is 4.26. The van der Waals surface area contributed by atoms with E-state index < -0.39 is 5.82 Å². The number of rotatable bonds is 3. The summed E-state index contributed by atoms with van der Waals surface area (Å²) in [6.07, 6.45) is 0.668. The molecule has 2 aromatic carbocycles. The van der Waals surface area contributed by atoms with Gasteiger partial charge in [-0.25, -0.2) is 4.39 Å². The van der Waals surface area contributed by atoms with Gasteiger partial charge in [0.05, 0.1) is 7.11 Å². The highest BCUT2D eigenvalue weighted by atomic mass is 19.1. The van der Waals surface area contributed by atoms with Gasteiger partial charge in [-0.15, -0.1) is 0 Å². The molecule has 20 heavy (non-hydrogen) atoms. The van der Waals surface area contributed by atoms with Gasteiger partial charge < -0.3 is 14.2 Å². The second kappa shape index (κ2) is 4.85. The molecule has 0 N–H and O–H groups in total. The number of methoxy groups -OCH3 is 1. The molecule has 0 aliphatic carbocycles. The molecule has 0 saturated heterocycles. The molecule has 0 spiro atoms. The highest BCUT2D eigenvalue weighted by molar-refractivity contribution is 5.89. The molecule has 0 radical (unpaired) electrons. The SMILES string of the molecule is COc1ccc(-c2cc3c(cc2C=O)OCO3)c(F)c1. The molecule has 5 heteroatoms. The third kappa shape index (κ3) is 1.97. The lowest BCUT2D eigenvalue weighted by Crippen LogP contribution is -1.93. The Bertz CT molecular complexity index is 682. The van der Waals surface area contributed by atoms with Crippen molar-refractivity contribution < 1.29 is 23.4 Å². The fourth-order valence-corrected chi connectivity index (χ4v) is 2.13. The van der Waals surface area contributed by atoms with Crippen molar-refractivity contribution in [2.45, 2.75) is 0 Å². The minimum atomic E-state index is -0.466. The normalized spacial score (nSPS) is 12.3. The summed E-state index contributed by atoms with van der Waals surface area (Å²) in [6.45, 7) is 0.0994. The molecule has 0 aromatic heterocycles. The van der Waals surface area contributed by atoms with E-state index >= 15 is 0 Å². The van der Waals surface area contributed by atoms with Crippen molar-refractivity contribution in [3.05, 3.63) is 41.7 Å². The molecule has 0 amide bonds. The van der Waals surface area contributed by atoms with Crippen LogP contribution < -0.4 is 14.2 Å². The fourth-order valence-electron chi connectivity index (χ4n) is 2.13. The van der Waals surface area contributed by atoms with Gasteiger partial charge in [0.15, 0.2) is 17.8 Å². The first-order valence-electron chi connectivity index (χ1n) is 5.95. The maximum absolute atomic E-state index is 14.1. The maximum Gasteiger partial charge on any atom is 0.231 e. The van der Waals surface area contributed by atoms with Gasteiger partial charge in [-0.05, 0) is 29.8 Å². The molecule has 1 aliphatic heterocycles. The Labute approximate surface area is 114 Å². The average Bonchev–Trinajstić information content (AvgIpc) is 2.92. The summed E-state index contributed by atoms with van der Waals surface area (Å²) in [4.78, 5) is 11.2. The molecule has 0 atom stereocenters. The van der Waals surface area contributed by atoms with Crippen LogP contribution in [-0.2, 0) is 0 Å². The first-order chi connectivity index (χ1) is 9.72. The molecule has 102 valence electrons. The predicted molar refractivity (Wildman–Crippen MR) is 69.9 cm³/mol. The van der Waals surface area contributed by atoms with Crippen molar-refractivity contribution in [3.8, 4) is 28.4 Å². The number of fused-ring (bicyclic) bond motifs is 1. The van der Waals surface area contributed by atoms with Crippen LogP contribution in [0.15, 0.2) is 30.3 Å². The molecule has 3 rings (SSSR count). The molecule has 0 saturated carbocycles. The van der Waals surface area contributed by atoms with Crippen molar-refractivity contribution >= 4 is 6.29 Å². The molecule has 1 aliphatic rings. The van der Waals surface area contributed by atoms with Gasteiger partial charge in [-0.1, -0.05) is 0 Å². The van der Waals surface area contributed by atoms with E-state index in [0.29, 0.717) is 40.2 Å². The van der Waals surface area contributed by atoms with Crippen LogP contribution in [0.2, 0.25) is 0 Å². The van der Waals surface area contributed by atoms with Gasteiger partial charge in [0.25, 0.3) is 0 Å². The van der Waals surface area contributed by atoms with Crippen LogP contribution in [0.25, 0.3) is 11.1 Å². The minimum Gasteiger partial charge on any atom is -0.497 e. The van der Waals surface area contributed by atoms with E-state index in [9.17, 15) is 9.18 Å². The molecular weight excluding hydrogens is 263 g/mol. The van der Waals surface area contributed by atoms with E-state index in [-0.39, 0.29) is 6.79 Å². The number of hydrogen-bond acceptors (Lipinski definition) is 4. The Hall–Kier alpha value is -2.56. The summed E-state index contributed by atoms with van der Waals surface area (Å²) in [5.41, 5.74) is 1.12. The first-order valence-corrected chi connectivity index (χ1v) is 5.95. The van der Waals surface area contributed by atoms with Gasteiger partial charge >= 0.3 is 0 Å². The van der Waals surface area contributed by atoms with Gasteiger partial charge in [-0.3, -0.25) is 4.79 Å². The van der Waals surface area contributed by atoms with Crippen molar-refractivity contribution in [2.24, 2.45) is 0 Å². The Balaban J connectivity index is 2.16. The van der Waals surface area contributed by atoms with Crippen molar-refractivity contribution in [3.63, 3.8) is 0 Å². The zero-order valence-electron chi connectivity index (χ0n) is 10.7. The standard InChI is InChI=1S/C15H11FO4/c1-18-10-2-3-11(13(16)5-10)12-6-15-14(19-8-20-15)4-9(12)7-17/h2-7H,8H2,1H3. The summed E-state index contributed by atoms with van der Waals surface area (Å²) in [6, 6.07) is 7.63. The quantitative estimate of drug-likeness (QED) is 0.807. The number of halogens is 1. The van der Waals surface area contributed by atoms with Crippen LogP contribution in [0.1, 0.15) is 10.4 Å². The largest absolute Gasteiger partial charge is 0.497 e. The summed E-state index contributed by atoms with van der Waals surface area (Å²) in [5, 5.41) is 0. The maximum atomic E-state index is 14.1. The number of aldehydes is 1. The van der Waals surface area contributed by atoms with E-state index in [1.165, 1.54) is 13.2 Å². The topological polar surface area (TPSA) is 44.8 Å². The summed E-state index contributed by atoms with van der Waals surface area (Å²) >= 11 is 0. The van der Waals surface area contributed by atoms with Crippen molar-refractivity contribution in [1.29, 1.82) is 0 Å². The first kappa shape index (κ1) is 12.5. The minimum absolute atomic E-state index is 0.0994. The van der Waals surface area contributed by atoms with Gasteiger partial charge in [0.1, 0.15) is 11.6 Å². The Kier molecular flexibility index (Phi) is 3.02. The second-order valence-electron chi connectivity index (χ2n) is 4.26. The lowest BCUT2D eigenvalue weighted by molar-refractivity contribution is 0.112. The molecule has 0 fully saturated rings. The number of carbonyl (C=O) groups is 1. The Morgan fingerprint density at radius 3 is 2.55 bits per heavy atom. The monoisotopic (exact) mass is 274 g/mol. The molecule has 2 aromatic rings. The van der Waals surface area contributed by atoms with E-state index in [4.69, 9.17) is 14.2 Å².